The first kappa shape index (κ1) is 19.2. The first-order valence-corrected chi connectivity index (χ1v) is 8.61. The van der Waals surface area contributed by atoms with Crippen molar-refractivity contribution >= 4 is 27.1 Å². The molecular weight excluding hydrogens is 316 g/mol. The molecule has 0 spiro atoms. The average molecular weight is 333 g/mol. The van der Waals surface area contributed by atoms with Crippen LogP contribution in [0.4, 0.5) is 0 Å². The Bertz CT molecular complexity index is 443. The highest BCUT2D eigenvalue weighted by molar-refractivity contribution is 7.72. The predicted molar refractivity (Wildman–Crippen MR) is 66.5 cm³/mol. The number of amides is 1. The highest BCUT2D eigenvalue weighted by Crippen LogP contribution is 2.71. The van der Waals surface area contributed by atoms with Crippen LogP contribution in [-0.4, -0.2) is 43.1 Å². The third-order valence-electron chi connectivity index (χ3n) is 2.27. The Morgan fingerprint density at radius 2 is 1.55 bits per heavy atom. The molecule has 12 heteroatoms. The van der Waals surface area contributed by atoms with Gasteiger partial charge < -0.3 is 29.6 Å². The smallest absolute Gasteiger partial charge is 0.381 e. The van der Waals surface area contributed by atoms with Crippen molar-refractivity contribution < 1.29 is 43.0 Å². The number of hydrogen-bond acceptors (Lipinski definition) is 5. The van der Waals surface area contributed by atoms with E-state index in [9.17, 15) is 38.3 Å². The van der Waals surface area contributed by atoms with E-state index in [1.165, 1.54) is 6.92 Å². The Hall–Kier alpha value is -0.760. The summed E-state index contributed by atoms with van der Waals surface area (Å²) in [5.74, 6) is -1.66. The zero-order valence-corrected chi connectivity index (χ0v) is 12.6. The van der Waals surface area contributed by atoms with Crippen molar-refractivity contribution in [2.75, 3.05) is 6.54 Å². The second-order valence-corrected chi connectivity index (χ2v) is 7.99. The van der Waals surface area contributed by atoms with Gasteiger partial charge in [-0.05, 0) is 6.42 Å². The molecule has 0 radical (unpaired) electrons. The Morgan fingerprint density at radius 1 is 1.10 bits per heavy atom. The summed E-state index contributed by atoms with van der Waals surface area (Å²) >= 11 is 0. The molecule has 0 bridgehead atoms. The lowest BCUT2D eigenvalue weighted by atomic mass is 10.3. The van der Waals surface area contributed by atoms with Crippen molar-refractivity contribution in [2.24, 2.45) is 0 Å². The predicted octanol–water partition coefficient (Wildman–Crippen LogP) is -0.525. The summed E-state index contributed by atoms with van der Waals surface area (Å²) in [5.41, 5.74) is 0. The van der Waals surface area contributed by atoms with E-state index in [1.54, 1.807) is 0 Å². The number of nitrogens with one attached hydrogen (secondary N) is 1. The van der Waals surface area contributed by atoms with Crippen molar-refractivity contribution in [3.8, 4) is 0 Å². The lowest BCUT2D eigenvalue weighted by Crippen LogP contribution is -2.35. The van der Waals surface area contributed by atoms with Gasteiger partial charge in [0.15, 0.2) is 0 Å². The second kappa shape index (κ2) is 6.80. The summed E-state index contributed by atoms with van der Waals surface area (Å²) in [6.07, 6.45) is -1.01. The molecule has 0 aromatic carbocycles. The highest BCUT2D eigenvalue weighted by Gasteiger charge is 2.63. The molecule has 0 fully saturated rings. The summed E-state index contributed by atoms with van der Waals surface area (Å²) in [6, 6.07) is 0. The quantitative estimate of drug-likeness (QED) is 0.233. The second-order valence-electron chi connectivity index (χ2n) is 4.01. The van der Waals surface area contributed by atoms with Crippen LogP contribution in [0.1, 0.15) is 26.7 Å². The van der Waals surface area contributed by atoms with Gasteiger partial charge in [0.25, 0.3) is 0 Å². The lowest BCUT2D eigenvalue weighted by Gasteiger charge is -2.33. The monoisotopic (exact) mass is 333 g/mol. The van der Waals surface area contributed by atoms with Crippen LogP contribution in [0.15, 0.2) is 0 Å². The number of hydrogen-bond donors (Lipinski definition) is 5. The molecule has 1 amide bonds. The number of rotatable bonds is 7. The molecule has 0 atom stereocenters. The summed E-state index contributed by atoms with van der Waals surface area (Å²) in [5, 5.41) is -0.943. The maximum absolute atomic E-state index is 11.4. The first-order chi connectivity index (χ1) is 8.83. The minimum Gasteiger partial charge on any atom is -0.433 e. The molecule has 0 aromatic heterocycles. The molecule has 5 N–H and O–H groups in total. The van der Waals surface area contributed by atoms with Crippen molar-refractivity contribution in [3.63, 3.8) is 0 Å². The zero-order valence-electron chi connectivity index (χ0n) is 10.8. The Kier molecular flexibility index (Phi) is 6.54. The van der Waals surface area contributed by atoms with Gasteiger partial charge in [-0.1, -0.05) is 0 Å². The number of esters is 1. The lowest BCUT2D eigenvalue weighted by molar-refractivity contribution is -0.147. The zero-order chi connectivity index (χ0) is 16.2. The van der Waals surface area contributed by atoms with Crippen LogP contribution < -0.4 is 5.32 Å². The van der Waals surface area contributed by atoms with Gasteiger partial charge in [0.1, 0.15) is 0 Å². The van der Waals surface area contributed by atoms with E-state index >= 15 is 0 Å². The minimum absolute atomic E-state index is 0.0850. The van der Waals surface area contributed by atoms with Gasteiger partial charge in [0.05, 0.1) is 0 Å². The maximum Gasteiger partial charge on any atom is 0.381 e. The van der Waals surface area contributed by atoms with Crippen LogP contribution in [0.3, 0.4) is 0 Å². The SMILES string of the molecule is CC(=O)NCCCC(OC(C)=O)(P(=O)(O)O)P(=O)(O)O. The molecule has 0 rings (SSSR count). The van der Waals surface area contributed by atoms with Gasteiger partial charge in [0, 0.05) is 26.8 Å². The summed E-state index contributed by atoms with van der Waals surface area (Å²) < 4.78 is 27.1. The Balaban J connectivity index is 5.32. The van der Waals surface area contributed by atoms with Gasteiger partial charge in [0.2, 0.25) is 5.91 Å². The molecular formula is C8H17NO9P2. The molecule has 20 heavy (non-hydrogen) atoms. The highest BCUT2D eigenvalue weighted by atomic mass is 31.2. The molecule has 0 saturated carbocycles. The molecule has 0 aliphatic heterocycles. The van der Waals surface area contributed by atoms with Crippen molar-refractivity contribution in [1.82, 2.24) is 5.32 Å². The van der Waals surface area contributed by atoms with Gasteiger partial charge >= 0.3 is 26.2 Å². The summed E-state index contributed by atoms with van der Waals surface area (Å²) in [7, 11) is -10.9. The molecule has 118 valence electrons. The molecule has 10 nitrogen and oxygen atoms in total. The summed E-state index contributed by atoms with van der Waals surface area (Å²) in [4.78, 5) is 58.3. The van der Waals surface area contributed by atoms with Gasteiger partial charge in [-0.15, -0.1) is 0 Å². The molecule has 0 heterocycles. The van der Waals surface area contributed by atoms with Gasteiger partial charge in [-0.3, -0.25) is 18.7 Å². The number of carbonyl (C=O) groups is 2. The number of ether oxygens (including phenoxy) is 1. The molecule has 0 saturated heterocycles. The first-order valence-electron chi connectivity index (χ1n) is 5.39. The molecule has 0 aromatic rings. The van der Waals surface area contributed by atoms with Crippen molar-refractivity contribution in [3.05, 3.63) is 0 Å². The average Bonchev–Trinajstić information content (AvgIpc) is 2.18. The van der Waals surface area contributed by atoms with Crippen LogP contribution in [0.25, 0.3) is 0 Å². The number of carbonyl (C=O) groups excluding carboxylic acids is 2. The van der Waals surface area contributed by atoms with Crippen LogP contribution in [0.2, 0.25) is 0 Å². The van der Waals surface area contributed by atoms with E-state index in [2.05, 4.69) is 10.1 Å². The van der Waals surface area contributed by atoms with E-state index in [-0.39, 0.29) is 13.0 Å². The third-order valence-corrected chi connectivity index (χ3v) is 6.28. The van der Waals surface area contributed by atoms with Gasteiger partial charge in [-0.2, -0.15) is 0 Å². The van der Waals surface area contributed by atoms with E-state index < -0.39 is 38.6 Å². The molecule has 0 unspecified atom stereocenters. The van der Waals surface area contributed by atoms with Crippen LogP contribution in [0.5, 0.6) is 0 Å². The van der Waals surface area contributed by atoms with E-state index in [4.69, 9.17) is 0 Å². The largest absolute Gasteiger partial charge is 0.433 e. The van der Waals surface area contributed by atoms with Gasteiger partial charge in [-0.25, -0.2) is 0 Å². The molecule has 0 aliphatic rings. The third kappa shape index (κ3) is 4.97. The van der Waals surface area contributed by atoms with Crippen LogP contribution >= 0.6 is 15.2 Å². The summed E-state index contributed by atoms with van der Waals surface area (Å²) in [6.45, 7) is 1.89. The van der Waals surface area contributed by atoms with Crippen molar-refractivity contribution in [2.45, 2.75) is 31.8 Å². The normalized spacial score (nSPS) is 12.9. The topological polar surface area (TPSA) is 170 Å². The van der Waals surface area contributed by atoms with Crippen LogP contribution in [0, 0.1) is 0 Å². The minimum atomic E-state index is -5.47. The standard InChI is InChI=1S/C8H17NO9P2/c1-6(10)9-5-3-4-8(18-7(2)11,19(12,13)14)20(15,16)17/h3-5H2,1-2H3,(H,9,10)(H2,12,13,14)(H2,15,16,17). The fourth-order valence-electron chi connectivity index (χ4n) is 1.44. The fraction of sp³-hybridized carbons (Fsp3) is 0.750. The Morgan fingerprint density at radius 3 is 1.85 bits per heavy atom. The van der Waals surface area contributed by atoms with Crippen molar-refractivity contribution in [1.29, 1.82) is 0 Å². The fourth-order valence-corrected chi connectivity index (χ4v) is 4.20. The van der Waals surface area contributed by atoms with E-state index in [1.807, 2.05) is 0 Å². The Labute approximate surface area is 114 Å². The maximum atomic E-state index is 11.4. The van der Waals surface area contributed by atoms with E-state index in [0.717, 1.165) is 6.92 Å². The van der Waals surface area contributed by atoms with Crippen LogP contribution in [-0.2, 0) is 23.5 Å². The molecule has 0 aliphatic carbocycles. The van der Waals surface area contributed by atoms with E-state index in [0.29, 0.717) is 0 Å².